The number of hydrogen-bond acceptors (Lipinski definition) is 1. The fourth-order valence-corrected chi connectivity index (χ4v) is 11.3. The predicted octanol–water partition coefficient (Wildman–Crippen LogP) is 16.6. The number of alkyl halides is 3. The van der Waals surface area contributed by atoms with Crippen LogP contribution in [0, 0.1) is 11.3 Å². The van der Waals surface area contributed by atoms with Gasteiger partial charge in [-0.1, -0.05) is 127 Å². The Bertz CT molecular complexity index is 4450. The summed E-state index contributed by atoms with van der Waals surface area (Å²) in [5.41, 5.74) is 10.3. The van der Waals surface area contributed by atoms with Gasteiger partial charge in [0.2, 0.25) is 0 Å². The first-order valence-electron chi connectivity index (χ1n) is 23.1. The highest BCUT2D eigenvalue weighted by Crippen LogP contribution is 2.45. The van der Waals surface area contributed by atoms with E-state index < -0.39 is 11.7 Å². The van der Waals surface area contributed by atoms with Gasteiger partial charge in [-0.25, -0.2) is 0 Å². The molecule has 0 N–H and O–H groups in total. The van der Waals surface area contributed by atoms with Crippen LogP contribution in [0.5, 0.6) is 0 Å². The van der Waals surface area contributed by atoms with E-state index in [1.54, 1.807) is 18.2 Å². The van der Waals surface area contributed by atoms with E-state index in [0.29, 0.717) is 22.5 Å². The van der Waals surface area contributed by atoms with Crippen molar-refractivity contribution in [1.29, 1.82) is 5.26 Å². The van der Waals surface area contributed by atoms with Crippen LogP contribution in [0.25, 0.3) is 121 Å². The average molecular weight is 908 g/mol. The molecule has 0 aliphatic rings. The number of rotatable bonds is 5. The third-order valence-corrected chi connectivity index (χ3v) is 14.2. The Hall–Kier alpha value is -9.32. The summed E-state index contributed by atoms with van der Waals surface area (Å²) in [7, 11) is 0. The normalized spacial score (nSPS) is 12.2. The molecule has 8 heteroatoms. The summed E-state index contributed by atoms with van der Waals surface area (Å²) in [5.74, 6) is 0. The maximum atomic E-state index is 15.3. The molecule has 330 valence electrons. The summed E-state index contributed by atoms with van der Waals surface area (Å²) in [6.07, 6.45) is -4.67. The van der Waals surface area contributed by atoms with Gasteiger partial charge >= 0.3 is 6.18 Å². The van der Waals surface area contributed by atoms with Crippen LogP contribution in [0.15, 0.2) is 218 Å². The summed E-state index contributed by atoms with van der Waals surface area (Å²) in [5, 5.41) is 19.6. The van der Waals surface area contributed by atoms with Crippen molar-refractivity contribution < 1.29 is 13.2 Å². The Labute approximate surface area is 397 Å². The predicted molar refractivity (Wildman–Crippen MR) is 279 cm³/mol. The molecule has 4 heterocycles. The zero-order valence-corrected chi connectivity index (χ0v) is 37.2. The number of benzene rings is 10. The van der Waals surface area contributed by atoms with Gasteiger partial charge in [-0.15, -0.1) is 0 Å². The Morgan fingerprint density at radius 2 is 0.657 bits per heavy atom. The first-order chi connectivity index (χ1) is 34.4. The Morgan fingerprint density at radius 1 is 0.314 bits per heavy atom. The van der Waals surface area contributed by atoms with Gasteiger partial charge in [0.25, 0.3) is 0 Å². The summed E-state index contributed by atoms with van der Waals surface area (Å²) in [6.45, 7) is 0. The first-order valence-corrected chi connectivity index (χ1v) is 23.1. The number of nitrogens with zero attached hydrogens (tertiary/aromatic N) is 5. The Morgan fingerprint density at radius 3 is 1.07 bits per heavy atom. The van der Waals surface area contributed by atoms with E-state index in [1.165, 1.54) is 12.1 Å². The van der Waals surface area contributed by atoms with E-state index in [2.05, 4.69) is 137 Å². The van der Waals surface area contributed by atoms with Gasteiger partial charge in [0, 0.05) is 60.0 Å². The fourth-order valence-electron chi connectivity index (χ4n) is 11.3. The molecule has 0 unspecified atom stereocenters. The van der Waals surface area contributed by atoms with Crippen LogP contribution in [0.3, 0.4) is 0 Å². The zero-order chi connectivity index (χ0) is 46.8. The summed E-state index contributed by atoms with van der Waals surface area (Å²) in [4.78, 5) is 0. The molecule has 10 aromatic carbocycles. The van der Waals surface area contributed by atoms with E-state index in [9.17, 15) is 5.26 Å². The number of hydrogen-bond donors (Lipinski definition) is 0. The lowest BCUT2D eigenvalue weighted by Crippen LogP contribution is -2.09. The molecule has 14 rings (SSSR count). The zero-order valence-electron chi connectivity index (χ0n) is 37.2. The maximum Gasteiger partial charge on any atom is 0.417 e. The molecule has 0 aliphatic heterocycles. The minimum absolute atomic E-state index is 0.0120. The molecule has 70 heavy (non-hydrogen) atoms. The minimum Gasteiger partial charge on any atom is -0.309 e. The highest BCUT2D eigenvalue weighted by Gasteiger charge is 2.35. The van der Waals surface area contributed by atoms with Crippen LogP contribution in [0.1, 0.15) is 11.1 Å². The van der Waals surface area contributed by atoms with Crippen molar-refractivity contribution in [2.75, 3.05) is 0 Å². The molecule has 5 nitrogen and oxygen atoms in total. The van der Waals surface area contributed by atoms with Gasteiger partial charge in [0.15, 0.2) is 0 Å². The summed E-state index contributed by atoms with van der Waals surface area (Å²) >= 11 is 0. The minimum atomic E-state index is -4.67. The Balaban J connectivity index is 1.04. The molecule has 0 aliphatic carbocycles. The van der Waals surface area contributed by atoms with Crippen molar-refractivity contribution in [3.05, 3.63) is 230 Å². The second-order valence-corrected chi connectivity index (χ2v) is 17.9. The van der Waals surface area contributed by atoms with Gasteiger partial charge in [-0.2, -0.15) is 18.4 Å². The first kappa shape index (κ1) is 39.8. The molecule has 0 radical (unpaired) electrons. The lowest BCUT2D eigenvalue weighted by molar-refractivity contribution is -0.137. The number of halogens is 3. The van der Waals surface area contributed by atoms with Crippen molar-refractivity contribution in [2.24, 2.45) is 0 Å². The molecule has 0 saturated heterocycles. The summed E-state index contributed by atoms with van der Waals surface area (Å²) in [6, 6.07) is 73.9. The molecule has 0 amide bonds. The molecular weight excluding hydrogens is 872 g/mol. The van der Waals surface area contributed by atoms with Gasteiger partial charge in [0.1, 0.15) is 6.07 Å². The second kappa shape index (κ2) is 14.8. The number of nitriles is 1. The third-order valence-electron chi connectivity index (χ3n) is 14.2. The smallest absolute Gasteiger partial charge is 0.309 e. The van der Waals surface area contributed by atoms with E-state index in [4.69, 9.17) is 0 Å². The van der Waals surface area contributed by atoms with Crippen molar-refractivity contribution in [3.63, 3.8) is 0 Å². The van der Waals surface area contributed by atoms with Crippen LogP contribution in [-0.4, -0.2) is 18.3 Å². The molecule has 0 saturated carbocycles. The van der Waals surface area contributed by atoms with Crippen LogP contribution < -0.4 is 0 Å². The second-order valence-electron chi connectivity index (χ2n) is 17.9. The fraction of sp³-hybridized carbons (Fsp3) is 0.0161. The van der Waals surface area contributed by atoms with E-state index in [-0.39, 0.29) is 5.56 Å². The molecule has 0 fully saturated rings. The molecular formula is C62H36F3N5. The number of fused-ring (bicyclic) bond motifs is 12. The van der Waals surface area contributed by atoms with Gasteiger partial charge in [-0.05, 0) is 96.6 Å². The van der Waals surface area contributed by atoms with Gasteiger partial charge in [0.05, 0.1) is 66.6 Å². The topological polar surface area (TPSA) is 43.5 Å². The molecule has 14 aromatic rings. The van der Waals surface area contributed by atoms with E-state index in [0.717, 1.165) is 105 Å². The monoisotopic (exact) mass is 907 g/mol. The molecule has 0 atom stereocenters. The lowest BCUT2D eigenvalue weighted by atomic mass is 9.95. The maximum absolute atomic E-state index is 15.3. The van der Waals surface area contributed by atoms with Crippen molar-refractivity contribution in [1.82, 2.24) is 18.3 Å². The Kier molecular flexibility index (Phi) is 8.44. The van der Waals surface area contributed by atoms with Crippen LogP contribution in [-0.2, 0) is 6.18 Å². The van der Waals surface area contributed by atoms with Crippen LogP contribution >= 0.6 is 0 Å². The van der Waals surface area contributed by atoms with Gasteiger partial charge < -0.3 is 18.3 Å². The lowest BCUT2D eigenvalue weighted by Gasteiger charge is -2.21. The highest BCUT2D eigenvalue weighted by molar-refractivity contribution is 6.14. The van der Waals surface area contributed by atoms with Crippen molar-refractivity contribution >= 4 is 87.2 Å². The van der Waals surface area contributed by atoms with E-state index in [1.807, 2.05) is 69.8 Å². The molecule has 0 bridgehead atoms. The molecule has 4 aromatic heterocycles. The third kappa shape index (κ3) is 5.66. The summed E-state index contributed by atoms with van der Waals surface area (Å²) < 4.78 is 54.6. The average Bonchev–Trinajstić information content (AvgIpc) is 4.13. The quantitative estimate of drug-likeness (QED) is 0.170. The van der Waals surface area contributed by atoms with Crippen molar-refractivity contribution in [3.8, 4) is 39.9 Å². The van der Waals surface area contributed by atoms with Gasteiger partial charge in [-0.3, -0.25) is 0 Å². The largest absolute Gasteiger partial charge is 0.417 e. The molecule has 0 spiro atoms. The van der Waals surface area contributed by atoms with Crippen molar-refractivity contribution in [2.45, 2.75) is 6.18 Å². The van der Waals surface area contributed by atoms with Crippen LogP contribution in [0.2, 0.25) is 0 Å². The SMILES string of the molecule is N#Cc1cc(-n2c3ccccc3c3cc(-n4c5ccccc5c5ccccc54)ccc32)c(-c2ccccc2C(F)(F)F)cc1-n1c2ccccc2c2cc(-n3c4ccccc4c4ccccc43)ccc21. The number of para-hydroxylation sites is 6. The number of aromatic nitrogens is 4. The standard InChI is InChI=1S/C62H36F3N5/c63-62(64,65)51-22-8-1-15-41(51)50-36-60(69-56-27-13-6-20-46(56)48-34-39(29-31-58(48)69)67-52-23-9-2-16-42(52)43-17-3-10-24-53(43)67)38(37-66)33-61(50)70-57-28-14-7-21-47(57)49-35-40(30-32-59(49)70)68-54-25-11-4-18-44(54)45-19-5-12-26-55(45)68/h1-36H. The van der Waals surface area contributed by atoms with E-state index >= 15 is 13.2 Å². The highest BCUT2D eigenvalue weighted by atomic mass is 19.4. The van der Waals surface area contributed by atoms with Crippen LogP contribution in [0.4, 0.5) is 13.2 Å².